The van der Waals surface area contributed by atoms with Crippen molar-refractivity contribution in [3.05, 3.63) is 78.1 Å². The van der Waals surface area contributed by atoms with E-state index in [0.717, 1.165) is 18.5 Å². The minimum atomic E-state index is -6.18. The Hall–Kier alpha value is -3.21. The van der Waals surface area contributed by atoms with Crippen molar-refractivity contribution in [3.63, 3.8) is 0 Å². The van der Waals surface area contributed by atoms with Crippen molar-refractivity contribution in [2.45, 2.75) is 24.1 Å². The molecule has 1 aromatic heterocycles. The van der Waals surface area contributed by atoms with Crippen molar-refractivity contribution in [2.75, 3.05) is 11.9 Å². The van der Waals surface area contributed by atoms with Crippen LogP contribution in [0.2, 0.25) is 0 Å². The molecule has 0 saturated heterocycles. The summed E-state index contributed by atoms with van der Waals surface area (Å²) in [6, 6.07) is 12.8. The summed E-state index contributed by atoms with van der Waals surface area (Å²) in [4.78, 5) is 7.89. The molecule has 0 bridgehead atoms. The van der Waals surface area contributed by atoms with E-state index in [9.17, 15) is 35.8 Å². The highest BCUT2D eigenvalue weighted by atomic mass is 19.4. The molecule has 0 amide bonds. The summed E-state index contributed by atoms with van der Waals surface area (Å²) >= 11 is 0. The molecule has 0 aliphatic rings. The molecule has 0 fully saturated rings. The number of halogens is 7. The number of hydrogen-bond donors (Lipinski definition) is 2. The quantitative estimate of drug-likeness (QED) is 0.473. The molecule has 0 spiro atoms. The Kier molecular flexibility index (Phi) is 6.40. The van der Waals surface area contributed by atoms with Gasteiger partial charge in [0.05, 0.1) is 11.8 Å². The summed E-state index contributed by atoms with van der Waals surface area (Å²) in [6.45, 7) is 0.0843. The maximum Gasteiger partial charge on any atom is 0.435 e. The Morgan fingerprint density at radius 3 is 1.97 bits per heavy atom. The SMILES string of the molecule is O[C@@H](CNc1cc(-c2ccc(C(F)(C(F)(F)F)C(F)(F)F)cc2)ncn1)c1ccccc1. The van der Waals surface area contributed by atoms with Crippen LogP contribution in [0.4, 0.5) is 36.6 Å². The molecule has 0 radical (unpaired) electrons. The molecular formula is C21H16F7N3O. The van der Waals surface area contributed by atoms with Gasteiger partial charge in [-0.15, -0.1) is 0 Å². The van der Waals surface area contributed by atoms with E-state index in [0.29, 0.717) is 17.7 Å². The summed E-state index contributed by atoms with van der Waals surface area (Å²) in [7, 11) is 0. The van der Waals surface area contributed by atoms with Crippen molar-refractivity contribution in [1.82, 2.24) is 9.97 Å². The van der Waals surface area contributed by atoms with Crippen LogP contribution in [0.15, 0.2) is 67.0 Å². The Bertz CT molecular complexity index is 1020. The summed E-state index contributed by atoms with van der Waals surface area (Å²) in [5, 5.41) is 13.1. The summed E-state index contributed by atoms with van der Waals surface area (Å²) < 4.78 is 91.5. The summed E-state index contributed by atoms with van der Waals surface area (Å²) in [5.41, 5.74) is -6.10. The minimum absolute atomic E-state index is 0.0843. The number of alkyl halides is 7. The molecule has 11 heteroatoms. The van der Waals surface area contributed by atoms with Crippen LogP contribution in [0.1, 0.15) is 17.2 Å². The molecule has 32 heavy (non-hydrogen) atoms. The highest BCUT2D eigenvalue weighted by Crippen LogP contribution is 2.53. The maximum absolute atomic E-state index is 14.1. The smallest absolute Gasteiger partial charge is 0.387 e. The average Bonchev–Trinajstić information content (AvgIpc) is 2.76. The van der Waals surface area contributed by atoms with Gasteiger partial charge >= 0.3 is 18.0 Å². The third kappa shape index (κ3) is 4.67. The number of anilines is 1. The predicted molar refractivity (Wildman–Crippen MR) is 102 cm³/mol. The van der Waals surface area contributed by atoms with Crippen LogP contribution in [-0.2, 0) is 5.67 Å². The van der Waals surface area contributed by atoms with E-state index < -0.39 is 29.7 Å². The lowest BCUT2D eigenvalue weighted by Gasteiger charge is -2.30. The Morgan fingerprint density at radius 2 is 1.41 bits per heavy atom. The number of aromatic nitrogens is 2. The number of rotatable bonds is 6. The molecule has 3 aromatic rings. The monoisotopic (exact) mass is 459 g/mol. The lowest BCUT2D eigenvalue weighted by atomic mass is 9.93. The number of benzene rings is 2. The zero-order valence-electron chi connectivity index (χ0n) is 16.1. The van der Waals surface area contributed by atoms with E-state index in [4.69, 9.17) is 0 Å². The Balaban J connectivity index is 1.79. The topological polar surface area (TPSA) is 58.0 Å². The molecule has 0 unspecified atom stereocenters. The molecule has 0 aliphatic heterocycles. The first kappa shape index (κ1) is 23.5. The molecule has 3 rings (SSSR count). The van der Waals surface area contributed by atoms with Crippen molar-refractivity contribution in [1.29, 1.82) is 0 Å². The normalized spacial score (nSPS) is 13.6. The van der Waals surface area contributed by atoms with Crippen molar-refractivity contribution in [2.24, 2.45) is 0 Å². The second-order valence-electron chi connectivity index (χ2n) is 6.83. The van der Waals surface area contributed by atoms with Crippen LogP contribution in [0.3, 0.4) is 0 Å². The molecule has 0 saturated carbocycles. The second-order valence-corrected chi connectivity index (χ2v) is 6.83. The molecule has 4 nitrogen and oxygen atoms in total. The van der Waals surface area contributed by atoms with Crippen LogP contribution in [0, 0.1) is 0 Å². The van der Waals surface area contributed by atoms with Gasteiger partial charge in [-0.05, 0) is 5.56 Å². The fourth-order valence-corrected chi connectivity index (χ4v) is 2.96. The van der Waals surface area contributed by atoms with Gasteiger partial charge < -0.3 is 10.4 Å². The first-order valence-electron chi connectivity index (χ1n) is 9.15. The number of nitrogens with one attached hydrogen (secondary N) is 1. The number of hydrogen-bond acceptors (Lipinski definition) is 4. The van der Waals surface area contributed by atoms with Gasteiger partial charge in [0.1, 0.15) is 12.1 Å². The van der Waals surface area contributed by atoms with Gasteiger partial charge in [0.2, 0.25) is 0 Å². The van der Waals surface area contributed by atoms with E-state index in [-0.39, 0.29) is 23.6 Å². The number of nitrogens with zero attached hydrogens (tertiary/aromatic N) is 2. The van der Waals surface area contributed by atoms with E-state index in [1.807, 2.05) is 0 Å². The van der Waals surface area contributed by atoms with Gasteiger partial charge in [-0.3, -0.25) is 0 Å². The van der Waals surface area contributed by atoms with Gasteiger partial charge in [0.25, 0.3) is 0 Å². The van der Waals surface area contributed by atoms with E-state index in [1.54, 1.807) is 30.3 Å². The standard InChI is InChI=1S/C21H16F7N3O/c22-19(20(23,24)25,21(26,27)28)15-8-6-13(7-9-15)16-10-18(31-12-30-16)29-11-17(32)14-4-2-1-3-5-14/h1-10,12,17,32H,11H2,(H,29,30,31)/t17-/m0/s1. The highest BCUT2D eigenvalue weighted by molar-refractivity contribution is 5.62. The van der Waals surface area contributed by atoms with Crippen LogP contribution < -0.4 is 5.32 Å². The highest BCUT2D eigenvalue weighted by Gasteiger charge is 2.73. The first-order chi connectivity index (χ1) is 14.9. The summed E-state index contributed by atoms with van der Waals surface area (Å²) in [6.07, 6.45) is -12.1. The molecule has 0 aliphatic carbocycles. The maximum atomic E-state index is 14.1. The van der Waals surface area contributed by atoms with Gasteiger partial charge in [-0.25, -0.2) is 14.4 Å². The average molecular weight is 459 g/mol. The van der Waals surface area contributed by atoms with Crippen LogP contribution >= 0.6 is 0 Å². The van der Waals surface area contributed by atoms with E-state index in [2.05, 4.69) is 15.3 Å². The van der Waals surface area contributed by atoms with Gasteiger partial charge in [-0.1, -0.05) is 54.6 Å². The third-order valence-corrected chi connectivity index (χ3v) is 4.69. The first-order valence-corrected chi connectivity index (χ1v) is 9.15. The second kappa shape index (κ2) is 8.73. The lowest BCUT2D eigenvalue weighted by Crippen LogP contribution is -2.50. The van der Waals surface area contributed by atoms with Gasteiger partial charge in [0.15, 0.2) is 0 Å². The fourth-order valence-electron chi connectivity index (χ4n) is 2.96. The molecule has 2 N–H and O–H groups in total. The van der Waals surface area contributed by atoms with Gasteiger partial charge in [-0.2, -0.15) is 26.3 Å². The van der Waals surface area contributed by atoms with Crippen molar-refractivity contribution in [3.8, 4) is 11.3 Å². The Labute approximate surface area is 177 Å². The van der Waals surface area contributed by atoms with Crippen molar-refractivity contribution < 1.29 is 35.8 Å². The molecule has 170 valence electrons. The molecule has 2 aromatic carbocycles. The van der Waals surface area contributed by atoms with Crippen molar-refractivity contribution >= 4 is 5.82 Å². The zero-order chi connectivity index (χ0) is 23.6. The fraction of sp³-hybridized carbons (Fsp3) is 0.238. The lowest BCUT2D eigenvalue weighted by molar-refractivity contribution is -0.348. The van der Waals surface area contributed by atoms with Crippen LogP contribution in [0.5, 0.6) is 0 Å². The Morgan fingerprint density at radius 1 is 0.812 bits per heavy atom. The number of aliphatic hydroxyl groups is 1. The zero-order valence-corrected chi connectivity index (χ0v) is 16.1. The summed E-state index contributed by atoms with van der Waals surface area (Å²) in [5.74, 6) is 0.263. The largest absolute Gasteiger partial charge is 0.435 e. The molecule has 1 atom stereocenters. The van der Waals surface area contributed by atoms with Crippen LogP contribution in [-0.4, -0.2) is 34.0 Å². The van der Waals surface area contributed by atoms with Gasteiger partial charge in [0, 0.05) is 23.7 Å². The minimum Gasteiger partial charge on any atom is -0.387 e. The predicted octanol–water partition coefficient (Wildman–Crippen LogP) is 5.58. The molecule has 1 heterocycles. The molecular weight excluding hydrogens is 443 g/mol. The van der Waals surface area contributed by atoms with E-state index >= 15 is 0 Å². The third-order valence-electron chi connectivity index (χ3n) is 4.69. The van der Waals surface area contributed by atoms with E-state index in [1.165, 1.54) is 6.07 Å². The van der Waals surface area contributed by atoms with Crippen LogP contribution in [0.25, 0.3) is 11.3 Å². The number of aliphatic hydroxyl groups excluding tert-OH is 1.